The lowest BCUT2D eigenvalue weighted by atomic mass is 10.2. The maximum Gasteiger partial charge on any atom is 0.248 e. The third-order valence-corrected chi connectivity index (χ3v) is 2.55. The van der Waals surface area contributed by atoms with E-state index in [-0.39, 0.29) is 11.9 Å². The van der Waals surface area contributed by atoms with Gasteiger partial charge in [-0.1, -0.05) is 18.2 Å². The summed E-state index contributed by atoms with van der Waals surface area (Å²) < 4.78 is 1.66. The number of hydrogen-bond donors (Lipinski definition) is 1. The van der Waals surface area contributed by atoms with Crippen LogP contribution in [-0.2, 0) is 4.79 Å². The Labute approximate surface area is 100 Å². The molecule has 1 unspecified atom stereocenters. The summed E-state index contributed by atoms with van der Waals surface area (Å²) >= 11 is 0. The second-order valence-corrected chi connectivity index (χ2v) is 4.03. The second kappa shape index (κ2) is 4.82. The van der Waals surface area contributed by atoms with Crippen molar-refractivity contribution in [3.05, 3.63) is 48.3 Å². The third-order valence-electron chi connectivity index (χ3n) is 2.55. The van der Waals surface area contributed by atoms with Gasteiger partial charge in [-0.2, -0.15) is 5.10 Å². The van der Waals surface area contributed by atoms with Gasteiger partial charge in [-0.3, -0.25) is 9.48 Å². The van der Waals surface area contributed by atoms with E-state index < -0.39 is 0 Å². The van der Waals surface area contributed by atoms with Crippen LogP contribution in [0.5, 0.6) is 0 Å². The van der Waals surface area contributed by atoms with E-state index in [4.69, 9.17) is 0 Å². The van der Waals surface area contributed by atoms with Crippen molar-refractivity contribution in [2.45, 2.75) is 19.9 Å². The zero-order valence-corrected chi connectivity index (χ0v) is 9.92. The number of benzene rings is 1. The number of hydrogen-bond acceptors (Lipinski definition) is 2. The predicted octanol–water partition coefficient (Wildman–Crippen LogP) is 2.39. The second-order valence-electron chi connectivity index (χ2n) is 4.03. The summed E-state index contributed by atoms with van der Waals surface area (Å²) in [5.41, 5.74) is 1.84. The fraction of sp³-hybridized carbons (Fsp3) is 0.231. The summed E-state index contributed by atoms with van der Waals surface area (Å²) in [5.74, 6) is -0.0701. The molecule has 1 amide bonds. The topological polar surface area (TPSA) is 46.9 Å². The van der Waals surface area contributed by atoms with Crippen LogP contribution < -0.4 is 5.32 Å². The van der Waals surface area contributed by atoms with Crippen molar-refractivity contribution < 1.29 is 4.79 Å². The molecule has 0 aliphatic carbocycles. The van der Waals surface area contributed by atoms with Crippen molar-refractivity contribution >= 4 is 11.6 Å². The summed E-state index contributed by atoms with van der Waals surface area (Å²) in [4.78, 5) is 12.0. The van der Waals surface area contributed by atoms with E-state index in [0.717, 1.165) is 11.3 Å². The van der Waals surface area contributed by atoms with Gasteiger partial charge in [0.15, 0.2) is 0 Å². The first-order valence-electron chi connectivity index (χ1n) is 5.53. The Bertz CT molecular complexity index is 504. The molecule has 0 aliphatic rings. The van der Waals surface area contributed by atoms with Gasteiger partial charge >= 0.3 is 0 Å². The maximum absolute atomic E-state index is 12.0. The molecule has 17 heavy (non-hydrogen) atoms. The van der Waals surface area contributed by atoms with Crippen LogP contribution in [0.3, 0.4) is 0 Å². The smallest absolute Gasteiger partial charge is 0.248 e. The molecule has 0 radical (unpaired) electrons. The molecule has 1 aromatic carbocycles. The summed E-state index contributed by atoms with van der Waals surface area (Å²) in [6, 6.07) is 9.09. The minimum atomic E-state index is -0.316. The maximum atomic E-state index is 12.0. The van der Waals surface area contributed by atoms with E-state index in [1.165, 1.54) is 0 Å². The highest BCUT2D eigenvalue weighted by molar-refractivity contribution is 5.93. The average molecular weight is 229 g/mol. The van der Waals surface area contributed by atoms with E-state index in [1.807, 2.05) is 50.4 Å². The van der Waals surface area contributed by atoms with Crippen LogP contribution in [0, 0.1) is 6.92 Å². The number of aromatic nitrogens is 2. The van der Waals surface area contributed by atoms with Crippen molar-refractivity contribution in [3.8, 4) is 0 Å². The van der Waals surface area contributed by atoms with Gasteiger partial charge in [0.05, 0.1) is 6.20 Å². The first-order chi connectivity index (χ1) is 8.16. The molecule has 2 rings (SSSR count). The molecule has 0 saturated heterocycles. The summed E-state index contributed by atoms with van der Waals surface area (Å²) in [6.45, 7) is 3.77. The molecular weight excluding hydrogens is 214 g/mol. The number of nitrogens with one attached hydrogen (secondary N) is 1. The van der Waals surface area contributed by atoms with Crippen LogP contribution in [0.2, 0.25) is 0 Å². The van der Waals surface area contributed by atoms with Gasteiger partial charge in [0.1, 0.15) is 6.04 Å². The number of rotatable bonds is 3. The van der Waals surface area contributed by atoms with Gasteiger partial charge in [-0.15, -0.1) is 0 Å². The van der Waals surface area contributed by atoms with Crippen LogP contribution >= 0.6 is 0 Å². The number of carbonyl (C=O) groups is 1. The Morgan fingerprint density at radius 1 is 1.35 bits per heavy atom. The Kier molecular flexibility index (Phi) is 3.23. The highest BCUT2D eigenvalue weighted by atomic mass is 16.2. The molecule has 4 nitrogen and oxygen atoms in total. The zero-order valence-electron chi connectivity index (χ0n) is 9.92. The molecule has 0 saturated carbocycles. The van der Waals surface area contributed by atoms with Crippen LogP contribution in [-0.4, -0.2) is 15.7 Å². The van der Waals surface area contributed by atoms with Crippen molar-refractivity contribution in [1.29, 1.82) is 0 Å². The molecule has 1 atom stereocenters. The van der Waals surface area contributed by atoms with Gasteiger partial charge in [0, 0.05) is 11.9 Å². The SMILES string of the molecule is Cc1cnn(C(C)C(=O)Nc2ccccc2)c1. The highest BCUT2D eigenvalue weighted by Gasteiger charge is 2.15. The Morgan fingerprint density at radius 2 is 2.06 bits per heavy atom. The van der Waals surface area contributed by atoms with Crippen LogP contribution in [0.1, 0.15) is 18.5 Å². The van der Waals surface area contributed by atoms with E-state index in [0.29, 0.717) is 0 Å². The Hall–Kier alpha value is -2.10. The molecule has 1 aromatic heterocycles. The van der Waals surface area contributed by atoms with Crippen LogP contribution in [0.4, 0.5) is 5.69 Å². The summed E-state index contributed by atoms with van der Waals surface area (Å²) in [7, 11) is 0. The van der Waals surface area contributed by atoms with E-state index in [2.05, 4.69) is 10.4 Å². The number of anilines is 1. The average Bonchev–Trinajstić information content (AvgIpc) is 2.76. The molecule has 2 aromatic rings. The number of aryl methyl sites for hydroxylation is 1. The Morgan fingerprint density at radius 3 is 2.65 bits per heavy atom. The largest absolute Gasteiger partial charge is 0.324 e. The Balaban J connectivity index is 2.06. The number of para-hydroxylation sites is 1. The van der Waals surface area contributed by atoms with Crippen molar-refractivity contribution in [2.24, 2.45) is 0 Å². The first kappa shape index (κ1) is 11.4. The molecule has 0 spiro atoms. The van der Waals surface area contributed by atoms with Gasteiger partial charge in [-0.25, -0.2) is 0 Å². The van der Waals surface area contributed by atoms with E-state index in [9.17, 15) is 4.79 Å². The van der Waals surface area contributed by atoms with Gasteiger partial charge in [-0.05, 0) is 31.5 Å². The minimum absolute atomic E-state index is 0.0701. The molecule has 0 bridgehead atoms. The fourth-order valence-electron chi connectivity index (χ4n) is 1.53. The normalized spacial score (nSPS) is 12.1. The summed E-state index contributed by atoms with van der Waals surface area (Å²) in [5, 5.41) is 6.98. The van der Waals surface area contributed by atoms with Gasteiger partial charge < -0.3 is 5.32 Å². The monoisotopic (exact) mass is 229 g/mol. The van der Waals surface area contributed by atoms with Crippen LogP contribution in [0.25, 0.3) is 0 Å². The molecule has 4 heteroatoms. The summed E-state index contributed by atoms with van der Waals surface area (Å²) in [6.07, 6.45) is 3.60. The van der Waals surface area contributed by atoms with E-state index in [1.54, 1.807) is 10.9 Å². The number of carbonyl (C=O) groups excluding carboxylic acids is 1. The lowest BCUT2D eigenvalue weighted by molar-refractivity contribution is -0.119. The lowest BCUT2D eigenvalue weighted by Crippen LogP contribution is -2.23. The predicted molar refractivity (Wildman–Crippen MR) is 66.7 cm³/mol. The molecule has 88 valence electrons. The standard InChI is InChI=1S/C13H15N3O/c1-10-8-14-16(9-10)11(2)13(17)15-12-6-4-3-5-7-12/h3-9,11H,1-2H3,(H,15,17). The fourth-order valence-corrected chi connectivity index (χ4v) is 1.53. The van der Waals surface area contributed by atoms with Crippen LogP contribution in [0.15, 0.2) is 42.7 Å². The number of nitrogens with zero attached hydrogens (tertiary/aromatic N) is 2. The van der Waals surface area contributed by atoms with Gasteiger partial charge in [0.25, 0.3) is 0 Å². The van der Waals surface area contributed by atoms with E-state index >= 15 is 0 Å². The van der Waals surface area contributed by atoms with Gasteiger partial charge in [0.2, 0.25) is 5.91 Å². The van der Waals surface area contributed by atoms with Crippen molar-refractivity contribution in [1.82, 2.24) is 9.78 Å². The van der Waals surface area contributed by atoms with Crippen molar-refractivity contribution in [2.75, 3.05) is 5.32 Å². The quantitative estimate of drug-likeness (QED) is 0.878. The number of amides is 1. The minimum Gasteiger partial charge on any atom is -0.324 e. The molecule has 1 N–H and O–H groups in total. The third kappa shape index (κ3) is 2.72. The highest BCUT2D eigenvalue weighted by Crippen LogP contribution is 2.11. The first-order valence-corrected chi connectivity index (χ1v) is 5.53. The molecule has 0 aliphatic heterocycles. The lowest BCUT2D eigenvalue weighted by Gasteiger charge is -2.12. The molecular formula is C13H15N3O. The van der Waals surface area contributed by atoms with Crippen molar-refractivity contribution in [3.63, 3.8) is 0 Å². The molecule has 1 heterocycles. The molecule has 0 fully saturated rings. The zero-order chi connectivity index (χ0) is 12.3.